The first-order chi connectivity index (χ1) is 9.77. The van der Waals surface area contributed by atoms with E-state index in [1.165, 1.54) is 0 Å². The molecular formula is C16H31N5. The van der Waals surface area contributed by atoms with Gasteiger partial charge < -0.3 is 10.7 Å². The van der Waals surface area contributed by atoms with E-state index in [9.17, 15) is 0 Å². The normalized spacial score (nSPS) is 11.8. The molecule has 0 unspecified atom stereocenters. The lowest BCUT2D eigenvalue weighted by Crippen LogP contribution is -2.25. The van der Waals surface area contributed by atoms with Gasteiger partial charge in [0, 0.05) is 18.0 Å². The number of nitrogens with zero attached hydrogens (tertiary/aromatic N) is 2. The first kappa shape index (κ1) is 17.7. The summed E-state index contributed by atoms with van der Waals surface area (Å²) in [6.45, 7) is 16.1. The van der Waals surface area contributed by atoms with Gasteiger partial charge in [-0.2, -0.15) is 0 Å². The van der Waals surface area contributed by atoms with E-state index in [0.717, 1.165) is 23.8 Å². The molecule has 0 aliphatic rings. The number of hydrogen-bond acceptors (Lipinski definition) is 5. The first-order valence-corrected chi connectivity index (χ1v) is 7.86. The number of rotatable bonds is 7. The van der Waals surface area contributed by atoms with Gasteiger partial charge in [-0.25, -0.2) is 15.8 Å². The van der Waals surface area contributed by atoms with Crippen LogP contribution in [0.3, 0.4) is 0 Å². The average Bonchev–Trinajstić information content (AvgIpc) is 2.39. The van der Waals surface area contributed by atoms with Crippen molar-refractivity contribution in [2.24, 2.45) is 23.6 Å². The van der Waals surface area contributed by atoms with Gasteiger partial charge in [0.05, 0.1) is 0 Å². The monoisotopic (exact) mass is 293 g/mol. The molecule has 1 aromatic rings. The molecule has 0 amide bonds. The van der Waals surface area contributed by atoms with Crippen molar-refractivity contribution in [1.29, 1.82) is 0 Å². The van der Waals surface area contributed by atoms with Gasteiger partial charge in [0.25, 0.3) is 0 Å². The summed E-state index contributed by atoms with van der Waals surface area (Å²) >= 11 is 0. The molecule has 0 aliphatic heterocycles. The van der Waals surface area contributed by atoms with E-state index in [0.29, 0.717) is 23.6 Å². The van der Waals surface area contributed by atoms with E-state index in [2.05, 4.69) is 62.3 Å². The van der Waals surface area contributed by atoms with Crippen LogP contribution in [0.25, 0.3) is 0 Å². The highest BCUT2D eigenvalue weighted by Crippen LogP contribution is 2.25. The van der Waals surface area contributed by atoms with Gasteiger partial charge in [-0.05, 0) is 24.7 Å². The van der Waals surface area contributed by atoms with E-state index < -0.39 is 0 Å². The van der Waals surface area contributed by atoms with Crippen LogP contribution in [-0.2, 0) is 0 Å². The van der Waals surface area contributed by atoms with Crippen molar-refractivity contribution in [3.8, 4) is 0 Å². The van der Waals surface area contributed by atoms with Gasteiger partial charge >= 0.3 is 0 Å². The molecule has 0 aliphatic carbocycles. The minimum absolute atomic E-state index is 0.268. The summed E-state index contributed by atoms with van der Waals surface area (Å²) in [7, 11) is 0. The highest BCUT2D eigenvalue weighted by molar-refractivity contribution is 5.56. The van der Waals surface area contributed by atoms with E-state index in [1.807, 2.05) is 6.92 Å². The van der Waals surface area contributed by atoms with Crippen LogP contribution in [0.15, 0.2) is 0 Å². The summed E-state index contributed by atoms with van der Waals surface area (Å²) in [5.41, 5.74) is 3.64. The van der Waals surface area contributed by atoms with Crippen LogP contribution in [0.2, 0.25) is 0 Å². The Kier molecular flexibility index (Phi) is 6.40. The molecule has 0 atom stereocenters. The highest BCUT2D eigenvalue weighted by Gasteiger charge is 2.19. The molecule has 1 rings (SSSR count). The lowest BCUT2D eigenvalue weighted by Gasteiger charge is -2.26. The van der Waals surface area contributed by atoms with Crippen molar-refractivity contribution in [2.75, 3.05) is 17.3 Å². The van der Waals surface area contributed by atoms with Crippen LogP contribution in [0, 0.1) is 24.7 Å². The van der Waals surface area contributed by atoms with Gasteiger partial charge in [-0.1, -0.05) is 41.5 Å². The second kappa shape index (κ2) is 7.59. The SMILES string of the molecule is Cc1c(NN)nc(C(C)C)nc1NCC(C(C)C)C(C)C. The Morgan fingerprint density at radius 1 is 0.952 bits per heavy atom. The van der Waals surface area contributed by atoms with Crippen molar-refractivity contribution >= 4 is 11.6 Å². The Hall–Kier alpha value is -1.36. The number of aromatic nitrogens is 2. The maximum absolute atomic E-state index is 5.57. The standard InChI is InChI=1S/C16H31N5/c1-9(2)13(10(3)4)8-18-15-12(7)16(21-17)20-14(19-15)11(5)6/h9-11,13H,8,17H2,1-7H3,(H2,18,19,20,21). The number of nitrogen functional groups attached to an aromatic ring is 1. The minimum Gasteiger partial charge on any atom is -0.369 e. The molecule has 5 heteroatoms. The Morgan fingerprint density at radius 2 is 1.48 bits per heavy atom. The van der Waals surface area contributed by atoms with E-state index >= 15 is 0 Å². The van der Waals surface area contributed by atoms with Crippen LogP contribution in [0.5, 0.6) is 0 Å². The number of nitrogens with two attached hydrogens (primary N) is 1. The molecule has 0 saturated heterocycles. The molecule has 120 valence electrons. The van der Waals surface area contributed by atoms with Crippen LogP contribution in [-0.4, -0.2) is 16.5 Å². The average molecular weight is 293 g/mol. The Labute approximate surface area is 129 Å². The van der Waals surface area contributed by atoms with Gasteiger partial charge in [-0.3, -0.25) is 0 Å². The topological polar surface area (TPSA) is 75.9 Å². The zero-order chi connectivity index (χ0) is 16.2. The zero-order valence-corrected chi connectivity index (χ0v) is 14.5. The van der Waals surface area contributed by atoms with E-state index in [4.69, 9.17) is 5.84 Å². The largest absolute Gasteiger partial charge is 0.369 e. The molecule has 4 N–H and O–H groups in total. The van der Waals surface area contributed by atoms with Crippen molar-refractivity contribution in [1.82, 2.24) is 9.97 Å². The van der Waals surface area contributed by atoms with Crippen molar-refractivity contribution in [3.05, 3.63) is 11.4 Å². The lowest BCUT2D eigenvalue weighted by atomic mass is 9.85. The van der Waals surface area contributed by atoms with Gasteiger partial charge in [0.15, 0.2) is 0 Å². The molecule has 0 bridgehead atoms. The maximum Gasteiger partial charge on any atom is 0.148 e. The second-order valence-electron chi connectivity index (χ2n) is 6.74. The Bertz CT molecular complexity index is 446. The van der Waals surface area contributed by atoms with Gasteiger partial charge in [0.1, 0.15) is 17.5 Å². The number of nitrogens with one attached hydrogen (secondary N) is 2. The van der Waals surface area contributed by atoms with Gasteiger partial charge in [0.2, 0.25) is 0 Å². The summed E-state index contributed by atoms with van der Waals surface area (Å²) in [6, 6.07) is 0. The molecule has 1 heterocycles. The summed E-state index contributed by atoms with van der Waals surface area (Å²) in [5.74, 6) is 10.1. The third-order valence-electron chi connectivity index (χ3n) is 4.03. The third kappa shape index (κ3) is 4.56. The third-order valence-corrected chi connectivity index (χ3v) is 4.03. The number of hydrazine groups is 1. The second-order valence-corrected chi connectivity index (χ2v) is 6.74. The fourth-order valence-electron chi connectivity index (χ4n) is 2.56. The van der Waals surface area contributed by atoms with Crippen molar-refractivity contribution < 1.29 is 0 Å². The zero-order valence-electron chi connectivity index (χ0n) is 14.5. The predicted octanol–water partition coefficient (Wildman–Crippen LogP) is 3.53. The molecule has 0 saturated carbocycles. The molecular weight excluding hydrogens is 262 g/mol. The molecule has 0 aromatic carbocycles. The Morgan fingerprint density at radius 3 is 1.90 bits per heavy atom. The molecule has 1 aromatic heterocycles. The van der Waals surface area contributed by atoms with Crippen LogP contribution in [0.1, 0.15) is 58.8 Å². The van der Waals surface area contributed by atoms with Gasteiger partial charge in [-0.15, -0.1) is 0 Å². The number of anilines is 2. The van der Waals surface area contributed by atoms with Crippen LogP contribution < -0.4 is 16.6 Å². The first-order valence-electron chi connectivity index (χ1n) is 7.86. The summed E-state index contributed by atoms with van der Waals surface area (Å²) in [5, 5.41) is 3.50. The molecule has 5 nitrogen and oxygen atoms in total. The summed E-state index contributed by atoms with van der Waals surface area (Å²) in [4.78, 5) is 9.11. The minimum atomic E-state index is 0.268. The molecule has 0 radical (unpaired) electrons. The van der Waals surface area contributed by atoms with Crippen LogP contribution >= 0.6 is 0 Å². The maximum atomic E-state index is 5.57. The molecule has 0 fully saturated rings. The van der Waals surface area contributed by atoms with E-state index in [-0.39, 0.29) is 5.92 Å². The quantitative estimate of drug-likeness (QED) is 0.529. The summed E-state index contributed by atoms with van der Waals surface area (Å²) < 4.78 is 0. The predicted molar refractivity (Wildman–Crippen MR) is 90.3 cm³/mol. The number of hydrogen-bond donors (Lipinski definition) is 3. The van der Waals surface area contributed by atoms with E-state index in [1.54, 1.807) is 0 Å². The Balaban J connectivity index is 2.99. The van der Waals surface area contributed by atoms with Crippen LogP contribution in [0.4, 0.5) is 11.6 Å². The van der Waals surface area contributed by atoms with Crippen molar-refractivity contribution in [2.45, 2.75) is 54.4 Å². The van der Waals surface area contributed by atoms with Crippen molar-refractivity contribution in [3.63, 3.8) is 0 Å². The highest BCUT2D eigenvalue weighted by atomic mass is 15.3. The summed E-state index contributed by atoms with van der Waals surface area (Å²) in [6.07, 6.45) is 0. The molecule has 0 spiro atoms. The fourth-order valence-corrected chi connectivity index (χ4v) is 2.56. The fraction of sp³-hybridized carbons (Fsp3) is 0.750. The smallest absolute Gasteiger partial charge is 0.148 e. The molecule has 21 heavy (non-hydrogen) atoms. The lowest BCUT2D eigenvalue weighted by molar-refractivity contribution is 0.304.